The van der Waals surface area contributed by atoms with E-state index >= 15 is 0 Å². The number of aromatic nitrogens is 1. The van der Waals surface area contributed by atoms with Gasteiger partial charge < -0.3 is 9.15 Å². The van der Waals surface area contributed by atoms with E-state index in [1.54, 1.807) is 31.2 Å². The number of hydrazone groups is 1. The Morgan fingerprint density at radius 2 is 1.76 bits per heavy atom. The van der Waals surface area contributed by atoms with Gasteiger partial charge in [0.25, 0.3) is 11.8 Å². The molecule has 0 spiro atoms. The molecular formula is C24H23N5O5. The van der Waals surface area contributed by atoms with Crippen LogP contribution in [0.15, 0.2) is 58.3 Å². The number of hydrogen-bond acceptors (Lipinski definition) is 7. The quantitative estimate of drug-likeness (QED) is 0.500. The summed E-state index contributed by atoms with van der Waals surface area (Å²) in [6.45, 7) is 1.74. The summed E-state index contributed by atoms with van der Waals surface area (Å²) >= 11 is 0. The number of carbonyl (C=O) groups excluding carboxylic acids is 3. The molecule has 0 radical (unpaired) electrons. The first-order valence-corrected chi connectivity index (χ1v) is 10.6. The van der Waals surface area contributed by atoms with E-state index in [1.165, 1.54) is 31.6 Å². The topological polar surface area (TPSA) is 135 Å². The first-order chi connectivity index (χ1) is 16.5. The van der Waals surface area contributed by atoms with Crippen LogP contribution in [0.4, 0.5) is 0 Å². The molecule has 0 unspecified atom stereocenters. The number of ether oxygens (including phenoxy) is 1. The zero-order valence-corrected chi connectivity index (χ0v) is 18.7. The molecule has 3 amide bonds. The van der Waals surface area contributed by atoms with E-state index in [1.807, 2.05) is 0 Å². The molecule has 0 fully saturated rings. The van der Waals surface area contributed by atoms with Crippen LogP contribution < -0.4 is 21.0 Å². The lowest BCUT2D eigenvalue weighted by atomic mass is 9.93. The third kappa shape index (κ3) is 4.80. The second kappa shape index (κ2) is 9.99. The van der Waals surface area contributed by atoms with Gasteiger partial charge in [0.2, 0.25) is 0 Å². The van der Waals surface area contributed by atoms with Gasteiger partial charge in [-0.1, -0.05) is 6.07 Å². The molecule has 0 saturated heterocycles. The van der Waals surface area contributed by atoms with Crippen molar-refractivity contribution in [3.8, 4) is 5.75 Å². The number of carbonyl (C=O) groups is 3. The molecule has 2 aromatic heterocycles. The fourth-order valence-electron chi connectivity index (χ4n) is 3.69. The van der Waals surface area contributed by atoms with Crippen LogP contribution in [0.3, 0.4) is 0 Å². The van der Waals surface area contributed by atoms with Gasteiger partial charge in [-0.15, -0.1) is 0 Å². The molecule has 34 heavy (non-hydrogen) atoms. The minimum absolute atomic E-state index is 0.0775. The van der Waals surface area contributed by atoms with Gasteiger partial charge in [0, 0.05) is 41.1 Å². The molecule has 4 rings (SSSR count). The third-order valence-corrected chi connectivity index (χ3v) is 5.39. The molecule has 0 bridgehead atoms. The number of nitrogens with zero attached hydrogens (tertiary/aromatic N) is 2. The second-order valence-electron chi connectivity index (χ2n) is 7.58. The van der Waals surface area contributed by atoms with E-state index < -0.39 is 11.8 Å². The number of nitrogens with one attached hydrogen (secondary N) is 3. The summed E-state index contributed by atoms with van der Waals surface area (Å²) in [5, 5.41) is 4.31. The summed E-state index contributed by atoms with van der Waals surface area (Å²) in [6, 6.07) is 9.81. The highest BCUT2D eigenvalue weighted by Crippen LogP contribution is 2.29. The molecule has 0 atom stereocenters. The highest BCUT2D eigenvalue weighted by molar-refractivity contribution is 6.07. The van der Waals surface area contributed by atoms with Gasteiger partial charge in [-0.05, 0) is 50.1 Å². The Balaban J connectivity index is 1.48. The maximum Gasteiger partial charge on any atom is 0.305 e. The van der Waals surface area contributed by atoms with Crippen LogP contribution in [0.1, 0.15) is 61.0 Å². The third-order valence-electron chi connectivity index (χ3n) is 5.39. The molecule has 1 aliphatic carbocycles. The number of hydrogen-bond donors (Lipinski definition) is 3. The van der Waals surface area contributed by atoms with Crippen molar-refractivity contribution in [1.29, 1.82) is 0 Å². The van der Waals surface area contributed by atoms with Crippen LogP contribution in [0.2, 0.25) is 0 Å². The van der Waals surface area contributed by atoms with Gasteiger partial charge in [0.15, 0.2) is 5.76 Å². The van der Waals surface area contributed by atoms with Crippen molar-refractivity contribution in [2.75, 3.05) is 7.11 Å². The molecule has 0 aliphatic heterocycles. The van der Waals surface area contributed by atoms with Crippen molar-refractivity contribution in [3.05, 3.63) is 82.6 Å². The second-order valence-corrected chi connectivity index (χ2v) is 7.58. The van der Waals surface area contributed by atoms with Crippen molar-refractivity contribution in [2.45, 2.75) is 26.2 Å². The smallest absolute Gasteiger partial charge is 0.305 e. The van der Waals surface area contributed by atoms with Crippen LogP contribution in [0.5, 0.6) is 5.75 Å². The summed E-state index contributed by atoms with van der Waals surface area (Å²) in [6.07, 6.45) is 4.97. The lowest BCUT2D eigenvalue weighted by molar-refractivity contribution is 0.0829. The number of furan rings is 1. The summed E-state index contributed by atoms with van der Waals surface area (Å²) in [5.74, 6) is -0.187. The van der Waals surface area contributed by atoms with Crippen LogP contribution in [-0.4, -0.2) is 35.5 Å². The van der Waals surface area contributed by atoms with Crippen molar-refractivity contribution in [1.82, 2.24) is 21.3 Å². The number of rotatable bonds is 5. The predicted octanol–water partition coefficient (Wildman–Crippen LogP) is 2.54. The van der Waals surface area contributed by atoms with E-state index in [0.29, 0.717) is 52.3 Å². The van der Waals surface area contributed by atoms with E-state index in [4.69, 9.17) is 9.15 Å². The molecule has 0 saturated carbocycles. The molecule has 2 heterocycles. The van der Waals surface area contributed by atoms with E-state index in [9.17, 15) is 14.4 Å². The number of fused-ring (bicyclic) bond motifs is 1. The van der Waals surface area contributed by atoms with E-state index in [-0.39, 0.29) is 11.7 Å². The Kier molecular flexibility index (Phi) is 6.67. The molecule has 10 heteroatoms. The Labute approximate surface area is 195 Å². The normalized spacial score (nSPS) is 13.6. The fourth-order valence-corrected chi connectivity index (χ4v) is 3.69. The number of methoxy groups -OCH3 is 1. The van der Waals surface area contributed by atoms with Crippen molar-refractivity contribution in [3.63, 3.8) is 0 Å². The summed E-state index contributed by atoms with van der Waals surface area (Å²) < 4.78 is 11.0. The minimum atomic E-state index is -0.589. The Hall–Kier alpha value is -4.47. The van der Waals surface area contributed by atoms with E-state index in [2.05, 4.69) is 26.4 Å². The minimum Gasteiger partial charge on any atom is -0.497 e. The number of hydrazine groups is 1. The van der Waals surface area contributed by atoms with Crippen molar-refractivity contribution in [2.24, 2.45) is 5.10 Å². The first-order valence-electron chi connectivity index (χ1n) is 10.6. The Morgan fingerprint density at radius 1 is 1.00 bits per heavy atom. The van der Waals surface area contributed by atoms with Gasteiger partial charge >= 0.3 is 5.91 Å². The first kappa shape index (κ1) is 22.7. The monoisotopic (exact) mass is 461 g/mol. The van der Waals surface area contributed by atoms with Gasteiger partial charge in [-0.3, -0.25) is 30.2 Å². The van der Waals surface area contributed by atoms with Gasteiger partial charge in [0.1, 0.15) is 11.5 Å². The maximum absolute atomic E-state index is 12.7. The number of pyridine rings is 1. The summed E-state index contributed by atoms with van der Waals surface area (Å²) in [4.78, 5) is 41.2. The molecule has 10 nitrogen and oxygen atoms in total. The van der Waals surface area contributed by atoms with Gasteiger partial charge in [-0.2, -0.15) is 5.10 Å². The molecular weight excluding hydrogens is 438 g/mol. The zero-order valence-electron chi connectivity index (χ0n) is 18.7. The summed E-state index contributed by atoms with van der Waals surface area (Å²) in [7, 11) is 1.53. The fraction of sp³-hybridized carbons (Fsp3) is 0.208. The van der Waals surface area contributed by atoms with Crippen LogP contribution >= 0.6 is 0 Å². The molecule has 3 N–H and O–H groups in total. The van der Waals surface area contributed by atoms with E-state index in [0.717, 1.165) is 6.42 Å². The maximum atomic E-state index is 12.7. The van der Waals surface area contributed by atoms with Gasteiger partial charge in [-0.25, -0.2) is 5.43 Å². The van der Waals surface area contributed by atoms with Crippen LogP contribution in [0.25, 0.3) is 0 Å². The SMILES string of the molecule is COc1cccc(C(=O)N/N=C2\CCCc3oc(C(=O)NNC(=O)c4ccncc4)c(C)c32)c1. The number of benzene rings is 1. The van der Waals surface area contributed by atoms with Crippen LogP contribution in [-0.2, 0) is 6.42 Å². The number of aryl methyl sites for hydroxylation is 1. The van der Waals surface area contributed by atoms with Crippen molar-refractivity contribution >= 4 is 23.4 Å². The lowest BCUT2D eigenvalue weighted by Crippen LogP contribution is -2.41. The molecule has 1 aliphatic rings. The molecule has 3 aromatic rings. The predicted molar refractivity (Wildman–Crippen MR) is 123 cm³/mol. The highest BCUT2D eigenvalue weighted by Gasteiger charge is 2.28. The average Bonchev–Trinajstić information content (AvgIpc) is 3.23. The standard InChI is InChI=1S/C24H23N5O5/c1-14-20-18(26-27-23(31)16-5-3-6-17(13-16)33-2)7-4-8-19(20)34-21(14)24(32)29-28-22(30)15-9-11-25-12-10-15/h3,5-6,9-13H,4,7-8H2,1-2H3,(H,27,31)(H,28,30)(H,29,32)/b26-18+. The van der Waals surface area contributed by atoms with Crippen molar-refractivity contribution < 1.29 is 23.5 Å². The largest absolute Gasteiger partial charge is 0.497 e. The average molecular weight is 461 g/mol. The molecule has 174 valence electrons. The van der Waals surface area contributed by atoms with Crippen LogP contribution in [0, 0.1) is 6.92 Å². The summed E-state index contributed by atoms with van der Waals surface area (Å²) in [5.41, 5.74) is 9.97. The number of amides is 3. The Bertz CT molecular complexity index is 1270. The lowest BCUT2D eigenvalue weighted by Gasteiger charge is -2.13. The Morgan fingerprint density at radius 3 is 2.53 bits per heavy atom. The highest BCUT2D eigenvalue weighted by atomic mass is 16.5. The zero-order chi connectivity index (χ0) is 24.1. The molecule has 1 aromatic carbocycles. The van der Waals surface area contributed by atoms with Gasteiger partial charge in [0.05, 0.1) is 12.8 Å².